The Bertz CT molecular complexity index is 602. The van der Waals surface area contributed by atoms with E-state index >= 15 is 0 Å². The minimum absolute atomic E-state index is 0.128. The standard InChI is InChI=1S/C12H16N2O3S2/c1-9-6-11(18-10(9)2)19(15,16)14(3)12(7-13)4-5-17-8-12/h6H,4-5,8H2,1-3H3/t12-/m0/s1. The zero-order valence-electron chi connectivity index (χ0n) is 11.1. The fraction of sp³-hybridized carbons (Fsp3) is 0.583. The van der Waals surface area contributed by atoms with Gasteiger partial charge in [-0.05, 0) is 25.5 Å². The van der Waals surface area contributed by atoms with Gasteiger partial charge in [-0.2, -0.15) is 9.57 Å². The van der Waals surface area contributed by atoms with Gasteiger partial charge < -0.3 is 4.74 Å². The number of hydrogen-bond donors (Lipinski definition) is 0. The Hall–Kier alpha value is -0.940. The number of nitriles is 1. The SMILES string of the molecule is Cc1cc(S(=O)(=O)N(C)[C@]2(C#N)CCOC2)sc1C. The summed E-state index contributed by atoms with van der Waals surface area (Å²) in [5.74, 6) is 0. The molecule has 0 radical (unpaired) electrons. The van der Waals surface area contributed by atoms with Crippen LogP contribution in [0.5, 0.6) is 0 Å². The molecule has 1 fully saturated rings. The third-order valence-electron chi connectivity index (χ3n) is 3.57. The topological polar surface area (TPSA) is 70.4 Å². The zero-order valence-corrected chi connectivity index (χ0v) is 12.8. The van der Waals surface area contributed by atoms with Crippen LogP contribution in [0.15, 0.2) is 10.3 Å². The highest BCUT2D eigenvalue weighted by molar-refractivity contribution is 7.91. The molecule has 0 aromatic carbocycles. The number of thiophene rings is 1. The number of hydrogen-bond acceptors (Lipinski definition) is 5. The van der Waals surface area contributed by atoms with E-state index in [2.05, 4.69) is 6.07 Å². The molecule has 0 aliphatic carbocycles. The summed E-state index contributed by atoms with van der Waals surface area (Å²) in [6.07, 6.45) is 0.405. The maximum absolute atomic E-state index is 12.6. The normalized spacial score (nSPS) is 23.7. The maximum atomic E-state index is 12.6. The Morgan fingerprint density at radius 2 is 2.21 bits per heavy atom. The molecule has 2 heterocycles. The van der Waals surface area contributed by atoms with Crippen molar-refractivity contribution in [3.8, 4) is 6.07 Å². The molecule has 1 saturated heterocycles. The molecule has 2 rings (SSSR count). The second-order valence-electron chi connectivity index (χ2n) is 4.72. The van der Waals surface area contributed by atoms with Crippen molar-refractivity contribution in [2.24, 2.45) is 0 Å². The summed E-state index contributed by atoms with van der Waals surface area (Å²) in [6.45, 7) is 4.31. The van der Waals surface area contributed by atoms with E-state index in [4.69, 9.17) is 4.74 Å². The molecular weight excluding hydrogens is 284 g/mol. The van der Waals surface area contributed by atoms with Crippen LogP contribution < -0.4 is 0 Å². The van der Waals surface area contributed by atoms with E-state index in [9.17, 15) is 13.7 Å². The van der Waals surface area contributed by atoms with Crippen LogP contribution in [0.1, 0.15) is 16.9 Å². The number of likely N-dealkylation sites (N-methyl/N-ethyl adjacent to an activating group) is 1. The lowest BCUT2D eigenvalue weighted by Gasteiger charge is -2.29. The van der Waals surface area contributed by atoms with Crippen molar-refractivity contribution in [2.75, 3.05) is 20.3 Å². The summed E-state index contributed by atoms with van der Waals surface area (Å²) in [7, 11) is -2.19. The first kappa shape index (κ1) is 14.5. The second-order valence-corrected chi connectivity index (χ2v) is 8.18. The highest BCUT2D eigenvalue weighted by Crippen LogP contribution is 2.33. The summed E-state index contributed by atoms with van der Waals surface area (Å²) in [4.78, 5) is 0.973. The molecule has 104 valence electrons. The van der Waals surface area contributed by atoms with E-state index in [0.29, 0.717) is 13.0 Å². The van der Waals surface area contributed by atoms with Crippen LogP contribution in [-0.2, 0) is 14.8 Å². The van der Waals surface area contributed by atoms with E-state index in [0.717, 1.165) is 14.7 Å². The lowest BCUT2D eigenvalue weighted by Crippen LogP contribution is -2.48. The fourth-order valence-electron chi connectivity index (χ4n) is 1.99. The molecule has 0 spiro atoms. The van der Waals surface area contributed by atoms with Gasteiger partial charge in [-0.15, -0.1) is 11.3 Å². The van der Waals surface area contributed by atoms with Crippen LogP contribution >= 0.6 is 11.3 Å². The van der Waals surface area contributed by atoms with E-state index in [-0.39, 0.29) is 10.8 Å². The monoisotopic (exact) mass is 300 g/mol. The van der Waals surface area contributed by atoms with Gasteiger partial charge in [0, 0.05) is 25.0 Å². The smallest absolute Gasteiger partial charge is 0.253 e. The van der Waals surface area contributed by atoms with Crippen LogP contribution in [-0.4, -0.2) is 38.5 Å². The third-order valence-corrected chi connectivity index (χ3v) is 7.10. The first-order valence-electron chi connectivity index (χ1n) is 5.88. The Kier molecular flexibility index (Phi) is 3.71. The van der Waals surface area contributed by atoms with Gasteiger partial charge in [0.15, 0.2) is 0 Å². The molecule has 19 heavy (non-hydrogen) atoms. The predicted molar refractivity (Wildman–Crippen MR) is 72.5 cm³/mol. The van der Waals surface area contributed by atoms with Crippen molar-refractivity contribution in [1.29, 1.82) is 5.26 Å². The average Bonchev–Trinajstić information content (AvgIpc) is 2.97. The summed E-state index contributed by atoms with van der Waals surface area (Å²) in [5, 5.41) is 9.32. The van der Waals surface area contributed by atoms with Gasteiger partial charge in [-0.25, -0.2) is 8.42 Å². The largest absolute Gasteiger partial charge is 0.378 e. The molecule has 0 bridgehead atoms. The van der Waals surface area contributed by atoms with Crippen LogP contribution in [0.25, 0.3) is 0 Å². The number of nitrogens with zero attached hydrogens (tertiary/aromatic N) is 2. The predicted octanol–water partition coefficient (Wildman–Crippen LogP) is 1.67. The van der Waals surface area contributed by atoms with Crippen LogP contribution in [0, 0.1) is 25.2 Å². The molecular formula is C12H16N2O3S2. The van der Waals surface area contributed by atoms with Gasteiger partial charge in [0.2, 0.25) is 0 Å². The second kappa shape index (κ2) is 4.87. The number of rotatable bonds is 3. The molecule has 1 atom stereocenters. The number of sulfonamides is 1. The van der Waals surface area contributed by atoms with Crippen molar-refractivity contribution in [1.82, 2.24) is 4.31 Å². The lowest BCUT2D eigenvalue weighted by molar-refractivity contribution is 0.163. The van der Waals surface area contributed by atoms with E-state index < -0.39 is 15.6 Å². The fourth-order valence-corrected chi connectivity index (χ4v) is 5.12. The van der Waals surface area contributed by atoms with Crippen molar-refractivity contribution >= 4 is 21.4 Å². The highest BCUT2D eigenvalue weighted by Gasteiger charge is 2.45. The van der Waals surface area contributed by atoms with E-state index in [1.165, 1.54) is 18.4 Å². The molecule has 0 unspecified atom stereocenters. The maximum Gasteiger partial charge on any atom is 0.253 e. The van der Waals surface area contributed by atoms with Gasteiger partial charge in [-0.3, -0.25) is 0 Å². The molecule has 1 aliphatic heterocycles. The summed E-state index contributed by atoms with van der Waals surface area (Å²) in [5.41, 5.74) is -0.129. The van der Waals surface area contributed by atoms with E-state index in [1.54, 1.807) is 6.07 Å². The number of aryl methyl sites for hydroxylation is 2. The van der Waals surface area contributed by atoms with Crippen molar-refractivity contribution in [2.45, 2.75) is 30.0 Å². The summed E-state index contributed by atoms with van der Waals surface area (Å²) < 4.78 is 31.8. The molecule has 0 amide bonds. The van der Waals surface area contributed by atoms with Gasteiger partial charge >= 0.3 is 0 Å². The minimum Gasteiger partial charge on any atom is -0.378 e. The molecule has 1 aromatic heterocycles. The Balaban J connectivity index is 2.42. The zero-order chi connectivity index (χ0) is 14.3. The van der Waals surface area contributed by atoms with Gasteiger partial charge in [0.1, 0.15) is 9.75 Å². The molecule has 0 N–H and O–H groups in total. The summed E-state index contributed by atoms with van der Waals surface area (Å²) >= 11 is 1.24. The molecule has 0 saturated carbocycles. The summed E-state index contributed by atoms with van der Waals surface area (Å²) in [6, 6.07) is 3.76. The van der Waals surface area contributed by atoms with Crippen molar-refractivity contribution in [3.63, 3.8) is 0 Å². The van der Waals surface area contributed by atoms with Crippen molar-refractivity contribution < 1.29 is 13.2 Å². The third kappa shape index (κ3) is 2.30. The van der Waals surface area contributed by atoms with Gasteiger partial charge in [0.05, 0.1) is 12.7 Å². The quantitative estimate of drug-likeness (QED) is 0.851. The van der Waals surface area contributed by atoms with Crippen LogP contribution in [0.3, 0.4) is 0 Å². The molecule has 1 aromatic rings. The van der Waals surface area contributed by atoms with Gasteiger partial charge in [0.25, 0.3) is 10.0 Å². The Morgan fingerprint density at radius 1 is 1.53 bits per heavy atom. The first-order chi connectivity index (χ1) is 8.83. The molecule has 7 heteroatoms. The number of ether oxygens (including phenoxy) is 1. The highest BCUT2D eigenvalue weighted by atomic mass is 32.2. The Labute approximate surface area is 117 Å². The van der Waals surface area contributed by atoms with Crippen molar-refractivity contribution in [3.05, 3.63) is 16.5 Å². The van der Waals surface area contributed by atoms with E-state index in [1.807, 2.05) is 13.8 Å². The first-order valence-corrected chi connectivity index (χ1v) is 8.14. The van der Waals surface area contributed by atoms with Gasteiger partial charge in [-0.1, -0.05) is 0 Å². The molecule has 1 aliphatic rings. The molecule has 5 nitrogen and oxygen atoms in total. The minimum atomic E-state index is -3.65. The Morgan fingerprint density at radius 3 is 2.63 bits per heavy atom. The average molecular weight is 300 g/mol. The van der Waals surface area contributed by atoms with Crippen LogP contribution in [0.4, 0.5) is 0 Å². The lowest BCUT2D eigenvalue weighted by atomic mass is 10.0. The van der Waals surface area contributed by atoms with Crippen LogP contribution in [0.2, 0.25) is 0 Å².